The van der Waals surface area contributed by atoms with Crippen LogP contribution in [0.5, 0.6) is 0 Å². The summed E-state index contributed by atoms with van der Waals surface area (Å²) >= 11 is 0. The fourth-order valence-corrected chi connectivity index (χ4v) is 3.68. The molecule has 0 aliphatic carbocycles. The second-order valence-corrected chi connectivity index (χ2v) is 7.07. The maximum absolute atomic E-state index is 13.2. The van der Waals surface area contributed by atoms with Gasteiger partial charge in [-0.05, 0) is 32.4 Å². The second kappa shape index (κ2) is 6.79. The van der Waals surface area contributed by atoms with Gasteiger partial charge in [0, 0.05) is 37.9 Å². The molecule has 1 N–H and O–H groups in total. The van der Waals surface area contributed by atoms with Crippen LogP contribution in [0.2, 0.25) is 0 Å². The van der Waals surface area contributed by atoms with Crippen molar-refractivity contribution in [3.63, 3.8) is 0 Å². The van der Waals surface area contributed by atoms with Gasteiger partial charge in [-0.25, -0.2) is 13.8 Å². The smallest absolute Gasteiger partial charge is 0.263 e. The summed E-state index contributed by atoms with van der Waals surface area (Å²) in [5.41, 5.74) is 2.56. The van der Waals surface area contributed by atoms with E-state index in [1.54, 1.807) is 6.07 Å². The summed E-state index contributed by atoms with van der Waals surface area (Å²) in [6.45, 7) is 7.64. The topological polar surface area (TPSA) is 43.2 Å². The molecule has 0 amide bonds. The third kappa shape index (κ3) is 3.11. The zero-order chi connectivity index (χ0) is 18.3. The molecule has 1 aromatic rings. The van der Waals surface area contributed by atoms with E-state index >= 15 is 0 Å². The van der Waals surface area contributed by atoms with Gasteiger partial charge in [0.05, 0.1) is 17.4 Å². The molecule has 0 bridgehead atoms. The van der Waals surface area contributed by atoms with E-state index in [-0.39, 0.29) is 11.6 Å². The molecule has 26 heavy (non-hydrogen) atoms. The molecular formula is C19H23F2N5. The molecule has 1 atom stereocenters. The molecule has 1 saturated heterocycles. The Kier molecular flexibility index (Phi) is 4.48. The lowest BCUT2D eigenvalue weighted by atomic mass is 10.1. The highest BCUT2D eigenvalue weighted by molar-refractivity contribution is 6.47. The van der Waals surface area contributed by atoms with Crippen LogP contribution in [-0.2, 0) is 0 Å². The molecule has 0 radical (unpaired) electrons. The van der Waals surface area contributed by atoms with Gasteiger partial charge in [-0.3, -0.25) is 9.89 Å². The Bertz CT molecular complexity index is 793. The van der Waals surface area contributed by atoms with Crippen LogP contribution < -0.4 is 10.2 Å². The zero-order valence-electron chi connectivity index (χ0n) is 15.0. The number of benzene rings is 1. The first-order valence-corrected chi connectivity index (χ1v) is 9.04. The van der Waals surface area contributed by atoms with Crippen molar-refractivity contribution in [2.45, 2.75) is 32.7 Å². The highest BCUT2D eigenvalue weighted by Gasteiger charge is 2.32. The molecule has 138 valence electrons. The van der Waals surface area contributed by atoms with Gasteiger partial charge in [0.25, 0.3) is 6.43 Å². The summed E-state index contributed by atoms with van der Waals surface area (Å²) in [6, 6.07) is 4.81. The number of aliphatic imine (C=N–C) groups is 2. The van der Waals surface area contributed by atoms with Crippen molar-refractivity contribution in [3.05, 3.63) is 35.5 Å². The number of rotatable bonds is 1. The molecule has 4 rings (SSSR count). The highest BCUT2D eigenvalue weighted by Crippen LogP contribution is 2.38. The van der Waals surface area contributed by atoms with E-state index in [2.05, 4.69) is 24.1 Å². The Morgan fingerprint density at radius 2 is 1.96 bits per heavy atom. The van der Waals surface area contributed by atoms with E-state index in [1.807, 2.05) is 11.1 Å². The fraction of sp³-hybridized carbons (Fsp3) is 0.474. The first-order valence-electron chi connectivity index (χ1n) is 9.04. The van der Waals surface area contributed by atoms with Crippen LogP contribution in [0, 0.1) is 0 Å². The lowest BCUT2D eigenvalue weighted by molar-refractivity contribution is 0.151. The van der Waals surface area contributed by atoms with Crippen LogP contribution >= 0.6 is 0 Å². The van der Waals surface area contributed by atoms with E-state index in [1.165, 1.54) is 17.7 Å². The van der Waals surface area contributed by atoms with E-state index in [0.29, 0.717) is 11.4 Å². The molecule has 7 heteroatoms. The van der Waals surface area contributed by atoms with Gasteiger partial charge in [0.1, 0.15) is 0 Å². The van der Waals surface area contributed by atoms with E-state index in [9.17, 15) is 8.78 Å². The third-order valence-corrected chi connectivity index (χ3v) is 4.89. The average molecular weight is 359 g/mol. The van der Waals surface area contributed by atoms with E-state index in [0.717, 1.165) is 44.3 Å². The van der Waals surface area contributed by atoms with Gasteiger partial charge >= 0.3 is 0 Å². The second-order valence-electron chi connectivity index (χ2n) is 7.07. The normalized spacial score (nSPS) is 23.0. The van der Waals surface area contributed by atoms with Gasteiger partial charge < -0.3 is 10.2 Å². The molecule has 1 fully saturated rings. The third-order valence-electron chi connectivity index (χ3n) is 4.89. The summed E-state index contributed by atoms with van der Waals surface area (Å²) < 4.78 is 26.5. The average Bonchev–Trinajstić information content (AvgIpc) is 2.78. The monoisotopic (exact) mass is 359 g/mol. The number of hydrogen-bond donors (Lipinski definition) is 1. The number of fused-ring (bicyclic) bond motifs is 3. The molecule has 1 aromatic carbocycles. The molecule has 3 aliphatic heterocycles. The first-order chi connectivity index (χ1) is 12.5. The molecule has 0 aromatic heterocycles. The number of piperazine rings is 1. The number of hydrogen-bond acceptors (Lipinski definition) is 5. The summed E-state index contributed by atoms with van der Waals surface area (Å²) in [5.74, 6) is 1.59. The summed E-state index contributed by atoms with van der Waals surface area (Å²) in [4.78, 5) is 13.9. The number of alkyl halides is 2. The fourth-order valence-electron chi connectivity index (χ4n) is 3.68. The summed E-state index contributed by atoms with van der Waals surface area (Å²) in [6.07, 6.45) is 0.363. The Balaban J connectivity index is 1.87. The van der Waals surface area contributed by atoms with Crippen LogP contribution in [0.1, 0.15) is 32.3 Å². The standard InChI is InChI=1S/C19H23F2N5/c1-12-9-13(2)23-19-18(25-7-5-22-6-8-25)24-15-4-3-14(17(20)21)10-16(15)26(19)11-12/h3-4,10-11,13,17,22H,5-9H2,1-2H3. The van der Waals surface area contributed by atoms with Crippen molar-refractivity contribution in [3.8, 4) is 0 Å². The minimum absolute atomic E-state index is 0.00673. The predicted octanol–water partition coefficient (Wildman–Crippen LogP) is 3.47. The maximum atomic E-state index is 13.2. The van der Waals surface area contributed by atoms with Crippen LogP contribution in [0.25, 0.3) is 0 Å². The van der Waals surface area contributed by atoms with Gasteiger partial charge in [-0.1, -0.05) is 11.6 Å². The van der Waals surface area contributed by atoms with Crippen molar-refractivity contribution in [2.75, 3.05) is 31.1 Å². The summed E-state index contributed by atoms with van der Waals surface area (Å²) in [5, 5.41) is 3.35. The molecule has 5 nitrogen and oxygen atoms in total. The van der Waals surface area contributed by atoms with Crippen molar-refractivity contribution in [1.29, 1.82) is 0 Å². The molecule has 0 spiro atoms. The van der Waals surface area contributed by atoms with E-state index in [4.69, 9.17) is 9.98 Å². The van der Waals surface area contributed by atoms with Gasteiger partial charge in [-0.15, -0.1) is 0 Å². The lowest BCUT2D eigenvalue weighted by Crippen LogP contribution is -2.52. The van der Waals surface area contributed by atoms with Crippen LogP contribution in [0.15, 0.2) is 40.0 Å². The van der Waals surface area contributed by atoms with Gasteiger partial charge in [0.15, 0.2) is 11.7 Å². The molecule has 3 heterocycles. The van der Waals surface area contributed by atoms with Crippen LogP contribution in [0.4, 0.5) is 20.2 Å². The molecular weight excluding hydrogens is 336 g/mol. The minimum atomic E-state index is -2.50. The molecule has 1 unspecified atom stereocenters. The van der Waals surface area contributed by atoms with Gasteiger partial charge in [-0.2, -0.15) is 0 Å². The number of halogens is 2. The first kappa shape index (κ1) is 17.1. The Hall–Kier alpha value is -2.28. The summed E-state index contributed by atoms with van der Waals surface area (Å²) in [7, 11) is 0. The number of amidine groups is 2. The predicted molar refractivity (Wildman–Crippen MR) is 101 cm³/mol. The van der Waals surface area contributed by atoms with Crippen molar-refractivity contribution < 1.29 is 8.78 Å². The van der Waals surface area contributed by atoms with Crippen molar-refractivity contribution >= 4 is 23.0 Å². The highest BCUT2D eigenvalue weighted by atomic mass is 19.3. The minimum Gasteiger partial charge on any atom is -0.351 e. The lowest BCUT2D eigenvalue weighted by Gasteiger charge is -2.36. The Morgan fingerprint density at radius 1 is 1.19 bits per heavy atom. The van der Waals surface area contributed by atoms with Crippen molar-refractivity contribution in [2.24, 2.45) is 9.98 Å². The van der Waals surface area contributed by atoms with Crippen molar-refractivity contribution in [1.82, 2.24) is 10.2 Å². The van der Waals surface area contributed by atoms with E-state index < -0.39 is 6.43 Å². The molecule has 0 saturated carbocycles. The quantitative estimate of drug-likeness (QED) is 0.835. The van der Waals surface area contributed by atoms with Gasteiger partial charge in [0.2, 0.25) is 0 Å². The Labute approximate surface area is 152 Å². The Morgan fingerprint density at radius 3 is 2.69 bits per heavy atom. The SMILES string of the molecule is CC1=CN2C(=NC(C)C1)C(N1CCNCC1)=Nc1ccc(C(F)F)cc12. The molecule has 3 aliphatic rings. The number of anilines is 1. The zero-order valence-corrected chi connectivity index (χ0v) is 15.0. The number of nitrogens with zero attached hydrogens (tertiary/aromatic N) is 4. The largest absolute Gasteiger partial charge is 0.351 e. The van der Waals surface area contributed by atoms with Crippen LogP contribution in [0.3, 0.4) is 0 Å². The number of nitrogens with one attached hydrogen (secondary N) is 1. The maximum Gasteiger partial charge on any atom is 0.263 e. The van der Waals surface area contributed by atoms with Crippen LogP contribution in [-0.4, -0.2) is 48.8 Å².